The van der Waals surface area contributed by atoms with Crippen LogP contribution in [0.1, 0.15) is 59.8 Å². The van der Waals surface area contributed by atoms with E-state index in [9.17, 15) is 10.4 Å². The number of thioether (sulfide) groups is 1. The van der Waals surface area contributed by atoms with Crippen LogP contribution in [0.15, 0.2) is 0 Å². The SMILES string of the molecule is CCSCCC(O)C1(C#N)CCC(C(C)(C)C)CC1. The van der Waals surface area contributed by atoms with Crippen LogP contribution in [-0.4, -0.2) is 22.7 Å². The molecule has 19 heavy (non-hydrogen) atoms. The molecule has 1 N–H and O–H groups in total. The van der Waals surface area contributed by atoms with Gasteiger partial charge < -0.3 is 5.11 Å². The fraction of sp³-hybridized carbons (Fsp3) is 0.938. The van der Waals surface area contributed by atoms with Gasteiger partial charge in [-0.1, -0.05) is 27.7 Å². The Morgan fingerprint density at radius 1 is 1.37 bits per heavy atom. The van der Waals surface area contributed by atoms with Crippen LogP contribution in [0, 0.1) is 28.1 Å². The van der Waals surface area contributed by atoms with E-state index < -0.39 is 11.5 Å². The number of hydrogen-bond donors (Lipinski definition) is 1. The standard InChI is InChI=1S/C16H29NOS/c1-5-19-11-8-14(18)16(12-17)9-6-13(7-10-16)15(2,3)4/h13-14,18H,5-11H2,1-4H3. The summed E-state index contributed by atoms with van der Waals surface area (Å²) in [7, 11) is 0. The first kappa shape index (κ1) is 16.9. The van der Waals surface area contributed by atoms with Crippen molar-refractivity contribution in [3.05, 3.63) is 0 Å². The third-order valence-corrected chi connectivity index (χ3v) is 5.64. The van der Waals surface area contributed by atoms with Crippen LogP contribution in [-0.2, 0) is 0 Å². The van der Waals surface area contributed by atoms with E-state index >= 15 is 0 Å². The van der Waals surface area contributed by atoms with Crippen molar-refractivity contribution in [3.63, 3.8) is 0 Å². The molecule has 0 radical (unpaired) electrons. The van der Waals surface area contributed by atoms with Gasteiger partial charge in [-0.05, 0) is 54.9 Å². The number of nitrogens with zero attached hydrogens (tertiary/aromatic N) is 1. The van der Waals surface area contributed by atoms with Crippen LogP contribution in [0.3, 0.4) is 0 Å². The Morgan fingerprint density at radius 3 is 2.37 bits per heavy atom. The highest BCUT2D eigenvalue weighted by molar-refractivity contribution is 7.99. The maximum atomic E-state index is 10.4. The van der Waals surface area contributed by atoms with Gasteiger partial charge in [0.05, 0.1) is 17.6 Å². The van der Waals surface area contributed by atoms with Crippen molar-refractivity contribution < 1.29 is 5.11 Å². The van der Waals surface area contributed by atoms with Crippen molar-refractivity contribution in [2.24, 2.45) is 16.7 Å². The number of aliphatic hydroxyl groups is 1. The Morgan fingerprint density at radius 2 is 1.95 bits per heavy atom. The van der Waals surface area contributed by atoms with Crippen molar-refractivity contribution >= 4 is 11.8 Å². The van der Waals surface area contributed by atoms with E-state index in [1.807, 2.05) is 11.8 Å². The molecule has 0 aromatic carbocycles. The Labute approximate surface area is 123 Å². The average Bonchev–Trinajstić information content (AvgIpc) is 2.38. The molecule has 0 spiro atoms. The first-order valence-corrected chi connectivity index (χ1v) is 8.68. The van der Waals surface area contributed by atoms with Gasteiger partial charge in [0.15, 0.2) is 0 Å². The van der Waals surface area contributed by atoms with E-state index in [1.54, 1.807) is 0 Å². The number of rotatable bonds is 5. The third kappa shape index (κ3) is 4.39. The molecule has 1 aliphatic carbocycles. The summed E-state index contributed by atoms with van der Waals surface area (Å²) in [6.45, 7) is 8.98. The minimum Gasteiger partial charge on any atom is -0.391 e. The molecule has 110 valence electrons. The summed E-state index contributed by atoms with van der Waals surface area (Å²) in [6, 6.07) is 2.46. The molecule has 0 aliphatic heterocycles. The van der Waals surface area contributed by atoms with Gasteiger partial charge >= 0.3 is 0 Å². The molecule has 0 aromatic rings. The molecular formula is C16H29NOS. The molecule has 0 heterocycles. The normalized spacial score (nSPS) is 29.8. The number of hydrogen-bond acceptors (Lipinski definition) is 3. The maximum absolute atomic E-state index is 10.4. The molecule has 1 saturated carbocycles. The second kappa shape index (κ2) is 6.99. The maximum Gasteiger partial charge on any atom is 0.0832 e. The summed E-state index contributed by atoms with van der Waals surface area (Å²) < 4.78 is 0. The van der Waals surface area contributed by atoms with Crippen LogP contribution in [0.25, 0.3) is 0 Å². The van der Waals surface area contributed by atoms with E-state index in [0.717, 1.165) is 43.6 Å². The van der Waals surface area contributed by atoms with Gasteiger partial charge in [-0.2, -0.15) is 17.0 Å². The van der Waals surface area contributed by atoms with Crippen LogP contribution in [0.4, 0.5) is 0 Å². The predicted molar refractivity (Wildman–Crippen MR) is 83.1 cm³/mol. The van der Waals surface area contributed by atoms with Crippen molar-refractivity contribution in [1.82, 2.24) is 0 Å². The van der Waals surface area contributed by atoms with Gasteiger partial charge in [0, 0.05) is 0 Å². The summed E-state index contributed by atoms with van der Waals surface area (Å²) in [5.74, 6) is 2.73. The number of aliphatic hydroxyl groups excluding tert-OH is 1. The first-order valence-electron chi connectivity index (χ1n) is 7.53. The minimum atomic E-state index is -0.476. The highest BCUT2D eigenvalue weighted by atomic mass is 32.2. The van der Waals surface area contributed by atoms with Crippen LogP contribution < -0.4 is 0 Å². The topological polar surface area (TPSA) is 44.0 Å². The summed E-state index contributed by atoms with van der Waals surface area (Å²) in [6.07, 6.45) is 4.20. The summed E-state index contributed by atoms with van der Waals surface area (Å²) in [5.41, 5.74) is -0.152. The molecule has 1 fully saturated rings. The Bertz CT molecular complexity index is 308. The van der Waals surface area contributed by atoms with Gasteiger partial charge in [0.2, 0.25) is 0 Å². The molecule has 1 unspecified atom stereocenters. The molecule has 3 heteroatoms. The lowest BCUT2D eigenvalue weighted by molar-refractivity contribution is 0.00859. The van der Waals surface area contributed by atoms with Crippen molar-refractivity contribution in [1.29, 1.82) is 5.26 Å². The van der Waals surface area contributed by atoms with E-state index in [4.69, 9.17) is 0 Å². The zero-order chi connectivity index (χ0) is 14.5. The smallest absolute Gasteiger partial charge is 0.0832 e. The Balaban J connectivity index is 2.58. The molecule has 0 saturated heterocycles. The molecule has 0 bridgehead atoms. The lowest BCUT2D eigenvalue weighted by atomic mass is 9.62. The Kier molecular flexibility index (Phi) is 6.20. The molecule has 0 aromatic heterocycles. The van der Waals surface area contributed by atoms with E-state index in [1.165, 1.54) is 0 Å². The summed E-state index contributed by atoms with van der Waals surface area (Å²) in [5, 5.41) is 19.9. The van der Waals surface area contributed by atoms with E-state index in [-0.39, 0.29) is 0 Å². The second-order valence-corrected chi connectivity index (χ2v) is 8.30. The zero-order valence-electron chi connectivity index (χ0n) is 12.9. The molecule has 2 nitrogen and oxygen atoms in total. The van der Waals surface area contributed by atoms with Gasteiger partial charge in [-0.3, -0.25) is 0 Å². The van der Waals surface area contributed by atoms with Crippen molar-refractivity contribution in [3.8, 4) is 6.07 Å². The Hall–Kier alpha value is -0.200. The van der Waals surface area contributed by atoms with Crippen molar-refractivity contribution in [2.45, 2.75) is 65.9 Å². The molecule has 1 aliphatic rings. The fourth-order valence-electron chi connectivity index (χ4n) is 3.13. The molecule has 0 amide bonds. The second-order valence-electron chi connectivity index (χ2n) is 6.91. The summed E-state index contributed by atoms with van der Waals surface area (Å²) >= 11 is 1.85. The largest absolute Gasteiger partial charge is 0.391 e. The fourth-order valence-corrected chi connectivity index (χ4v) is 3.81. The monoisotopic (exact) mass is 283 g/mol. The van der Waals surface area contributed by atoms with E-state index in [2.05, 4.69) is 33.8 Å². The minimum absolute atomic E-state index is 0.324. The van der Waals surface area contributed by atoms with Gasteiger partial charge in [-0.25, -0.2) is 0 Å². The zero-order valence-corrected chi connectivity index (χ0v) is 13.7. The van der Waals surface area contributed by atoms with Crippen LogP contribution in [0.2, 0.25) is 0 Å². The highest BCUT2D eigenvalue weighted by Crippen LogP contribution is 2.47. The van der Waals surface area contributed by atoms with Gasteiger partial charge in [0.1, 0.15) is 0 Å². The molecule has 1 rings (SSSR count). The van der Waals surface area contributed by atoms with Crippen LogP contribution >= 0.6 is 11.8 Å². The van der Waals surface area contributed by atoms with Crippen molar-refractivity contribution in [2.75, 3.05) is 11.5 Å². The molecular weight excluding hydrogens is 254 g/mol. The van der Waals surface area contributed by atoms with Crippen LogP contribution in [0.5, 0.6) is 0 Å². The lowest BCUT2D eigenvalue weighted by Crippen LogP contribution is -2.40. The third-order valence-electron chi connectivity index (χ3n) is 4.70. The predicted octanol–water partition coefficient (Wildman–Crippen LogP) is 4.24. The molecule has 1 atom stereocenters. The first-order chi connectivity index (χ1) is 8.85. The summed E-state index contributed by atoms with van der Waals surface area (Å²) in [4.78, 5) is 0. The van der Waals surface area contributed by atoms with Gasteiger partial charge in [-0.15, -0.1) is 0 Å². The quantitative estimate of drug-likeness (QED) is 0.768. The highest BCUT2D eigenvalue weighted by Gasteiger charge is 2.43. The van der Waals surface area contributed by atoms with E-state index in [0.29, 0.717) is 11.3 Å². The number of nitriles is 1. The average molecular weight is 283 g/mol. The van der Waals surface area contributed by atoms with Gasteiger partial charge in [0.25, 0.3) is 0 Å². The lowest BCUT2D eigenvalue weighted by Gasteiger charge is -2.42.